The Hall–Kier alpha value is -1.52. The molecular weight excluding hydrogens is 254 g/mol. The first-order chi connectivity index (χ1) is 9.69. The SMILES string of the molecule is C=CCC(NC(CC)CO)c1ccc(OC)c(OC)c1. The van der Waals surface area contributed by atoms with Crippen LogP contribution in [-0.2, 0) is 0 Å². The number of ether oxygens (including phenoxy) is 2. The van der Waals surface area contributed by atoms with Gasteiger partial charge in [-0.3, -0.25) is 0 Å². The zero-order valence-electron chi connectivity index (χ0n) is 12.6. The van der Waals surface area contributed by atoms with E-state index in [1.54, 1.807) is 14.2 Å². The van der Waals surface area contributed by atoms with Crippen molar-refractivity contribution in [3.8, 4) is 11.5 Å². The number of benzene rings is 1. The third-order valence-electron chi connectivity index (χ3n) is 3.36. The Morgan fingerprint density at radius 1 is 1.30 bits per heavy atom. The van der Waals surface area contributed by atoms with E-state index in [2.05, 4.69) is 11.9 Å². The molecule has 0 saturated carbocycles. The first-order valence-electron chi connectivity index (χ1n) is 6.89. The largest absolute Gasteiger partial charge is 0.493 e. The molecule has 1 aromatic carbocycles. The molecule has 0 aliphatic rings. The smallest absolute Gasteiger partial charge is 0.161 e. The molecule has 0 saturated heterocycles. The molecular formula is C16H25NO3. The molecule has 0 fully saturated rings. The second-order valence-electron chi connectivity index (χ2n) is 4.65. The predicted octanol–water partition coefficient (Wildman–Crippen LogP) is 2.68. The summed E-state index contributed by atoms with van der Waals surface area (Å²) < 4.78 is 10.6. The molecule has 112 valence electrons. The minimum Gasteiger partial charge on any atom is -0.493 e. The maximum absolute atomic E-state index is 9.34. The van der Waals surface area contributed by atoms with Crippen molar-refractivity contribution in [2.24, 2.45) is 0 Å². The van der Waals surface area contributed by atoms with E-state index in [0.29, 0.717) is 11.5 Å². The molecule has 20 heavy (non-hydrogen) atoms. The Balaban J connectivity index is 2.98. The zero-order valence-corrected chi connectivity index (χ0v) is 12.6. The van der Waals surface area contributed by atoms with E-state index in [0.717, 1.165) is 18.4 Å². The van der Waals surface area contributed by atoms with Crippen molar-refractivity contribution in [1.82, 2.24) is 5.32 Å². The van der Waals surface area contributed by atoms with Crippen LogP contribution >= 0.6 is 0 Å². The standard InChI is InChI=1S/C16H25NO3/c1-5-7-14(17-13(6-2)11-18)12-8-9-15(19-3)16(10-12)20-4/h5,8-10,13-14,17-18H,1,6-7,11H2,2-4H3. The van der Waals surface area contributed by atoms with Gasteiger partial charge in [-0.15, -0.1) is 6.58 Å². The van der Waals surface area contributed by atoms with Gasteiger partial charge in [-0.1, -0.05) is 19.1 Å². The number of aliphatic hydroxyl groups is 1. The van der Waals surface area contributed by atoms with Crippen LogP contribution in [-0.4, -0.2) is 32.0 Å². The molecule has 0 heterocycles. The minimum absolute atomic E-state index is 0.0769. The number of methoxy groups -OCH3 is 2. The molecule has 0 aromatic heterocycles. The third kappa shape index (κ3) is 4.25. The highest BCUT2D eigenvalue weighted by Crippen LogP contribution is 2.31. The van der Waals surface area contributed by atoms with Gasteiger partial charge in [0, 0.05) is 12.1 Å². The Morgan fingerprint density at radius 2 is 2.00 bits per heavy atom. The lowest BCUT2D eigenvalue weighted by atomic mass is 10.0. The maximum Gasteiger partial charge on any atom is 0.161 e. The van der Waals surface area contributed by atoms with E-state index >= 15 is 0 Å². The third-order valence-corrected chi connectivity index (χ3v) is 3.36. The predicted molar refractivity (Wildman–Crippen MR) is 81.4 cm³/mol. The van der Waals surface area contributed by atoms with Gasteiger partial charge in [0.05, 0.1) is 20.8 Å². The average molecular weight is 279 g/mol. The average Bonchev–Trinajstić information content (AvgIpc) is 2.50. The summed E-state index contributed by atoms with van der Waals surface area (Å²) in [6.07, 6.45) is 3.53. The van der Waals surface area contributed by atoms with Crippen LogP contribution in [0.3, 0.4) is 0 Å². The highest BCUT2D eigenvalue weighted by molar-refractivity contribution is 5.43. The van der Waals surface area contributed by atoms with Crippen molar-refractivity contribution in [2.45, 2.75) is 31.8 Å². The summed E-state index contributed by atoms with van der Waals surface area (Å²) in [5, 5.41) is 12.8. The monoisotopic (exact) mass is 279 g/mol. The van der Waals surface area contributed by atoms with Crippen LogP contribution in [0.25, 0.3) is 0 Å². The lowest BCUT2D eigenvalue weighted by Gasteiger charge is -2.24. The summed E-state index contributed by atoms with van der Waals surface area (Å²) in [7, 11) is 3.25. The Bertz CT molecular complexity index is 416. The number of hydrogen-bond acceptors (Lipinski definition) is 4. The quantitative estimate of drug-likeness (QED) is 0.682. The van der Waals surface area contributed by atoms with E-state index in [9.17, 15) is 5.11 Å². The molecule has 1 aromatic rings. The van der Waals surface area contributed by atoms with Crippen molar-refractivity contribution in [2.75, 3.05) is 20.8 Å². The molecule has 2 N–H and O–H groups in total. The van der Waals surface area contributed by atoms with E-state index < -0.39 is 0 Å². The van der Waals surface area contributed by atoms with Crippen LogP contribution in [0.15, 0.2) is 30.9 Å². The van der Waals surface area contributed by atoms with E-state index in [4.69, 9.17) is 9.47 Å². The number of rotatable bonds is 9. The van der Waals surface area contributed by atoms with Crippen LogP contribution in [0.2, 0.25) is 0 Å². The van der Waals surface area contributed by atoms with E-state index in [1.807, 2.05) is 31.2 Å². The molecule has 0 aliphatic carbocycles. The first kappa shape index (κ1) is 16.5. The van der Waals surface area contributed by atoms with Crippen molar-refractivity contribution in [3.05, 3.63) is 36.4 Å². The zero-order chi connectivity index (χ0) is 15.0. The van der Waals surface area contributed by atoms with Crippen molar-refractivity contribution in [3.63, 3.8) is 0 Å². The normalized spacial score (nSPS) is 13.6. The maximum atomic E-state index is 9.34. The second kappa shape index (κ2) is 8.61. The van der Waals surface area contributed by atoms with Crippen LogP contribution in [0.4, 0.5) is 0 Å². The Kier molecular flexibility index (Phi) is 7.12. The fraction of sp³-hybridized carbons (Fsp3) is 0.500. The molecule has 4 heteroatoms. The highest BCUT2D eigenvalue weighted by atomic mass is 16.5. The van der Waals surface area contributed by atoms with Gasteiger partial charge in [0.2, 0.25) is 0 Å². The molecule has 0 bridgehead atoms. The van der Waals surface area contributed by atoms with Crippen LogP contribution in [0.5, 0.6) is 11.5 Å². The fourth-order valence-corrected chi connectivity index (χ4v) is 2.12. The van der Waals surface area contributed by atoms with Gasteiger partial charge < -0.3 is 19.9 Å². The summed E-state index contributed by atoms with van der Waals surface area (Å²) in [5.41, 5.74) is 1.09. The topological polar surface area (TPSA) is 50.7 Å². The fourth-order valence-electron chi connectivity index (χ4n) is 2.12. The number of aliphatic hydroxyl groups excluding tert-OH is 1. The van der Waals surface area contributed by atoms with Crippen LogP contribution in [0.1, 0.15) is 31.4 Å². The lowest BCUT2D eigenvalue weighted by Crippen LogP contribution is -2.35. The lowest BCUT2D eigenvalue weighted by molar-refractivity contribution is 0.227. The molecule has 0 aliphatic heterocycles. The van der Waals surface area contributed by atoms with Gasteiger partial charge in [-0.05, 0) is 30.5 Å². The Morgan fingerprint density at radius 3 is 2.50 bits per heavy atom. The first-order valence-corrected chi connectivity index (χ1v) is 6.89. The molecule has 0 radical (unpaired) electrons. The van der Waals surface area contributed by atoms with Gasteiger partial charge in [-0.2, -0.15) is 0 Å². The van der Waals surface area contributed by atoms with Crippen LogP contribution < -0.4 is 14.8 Å². The van der Waals surface area contributed by atoms with E-state index in [1.165, 1.54) is 0 Å². The summed E-state index contributed by atoms with van der Waals surface area (Å²) in [6.45, 7) is 5.97. The van der Waals surface area contributed by atoms with Crippen molar-refractivity contribution < 1.29 is 14.6 Å². The summed E-state index contributed by atoms with van der Waals surface area (Å²) in [6, 6.07) is 6.04. The summed E-state index contributed by atoms with van der Waals surface area (Å²) >= 11 is 0. The Labute approximate surface area is 121 Å². The molecule has 1 rings (SSSR count). The van der Waals surface area contributed by atoms with E-state index in [-0.39, 0.29) is 18.7 Å². The van der Waals surface area contributed by atoms with Crippen molar-refractivity contribution >= 4 is 0 Å². The second-order valence-corrected chi connectivity index (χ2v) is 4.65. The summed E-state index contributed by atoms with van der Waals surface area (Å²) in [5.74, 6) is 1.42. The number of nitrogens with one attached hydrogen (secondary N) is 1. The van der Waals surface area contributed by atoms with Crippen LogP contribution in [0, 0.1) is 0 Å². The van der Waals surface area contributed by atoms with Gasteiger partial charge >= 0.3 is 0 Å². The highest BCUT2D eigenvalue weighted by Gasteiger charge is 2.16. The minimum atomic E-state index is 0.0769. The van der Waals surface area contributed by atoms with Gasteiger partial charge in [0.25, 0.3) is 0 Å². The molecule has 0 spiro atoms. The molecule has 2 unspecified atom stereocenters. The number of hydrogen-bond donors (Lipinski definition) is 2. The van der Waals surface area contributed by atoms with Crippen molar-refractivity contribution in [1.29, 1.82) is 0 Å². The molecule has 0 amide bonds. The molecule has 2 atom stereocenters. The van der Waals surface area contributed by atoms with Gasteiger partial charge in [0.15, 0.2) is 11.5 Å². The van der Waals surface area contributed by atoms with Gasteiger partial charge in [-0.25, -0.2) is 0 Å². The summed E-state index contributed by atoms with van der Waals surface area (Å²) in [4.78, 5) is 0. The van der Waals surface area contributed by atoms with Gasteiger partial charge in [0.1, 0.15) is 0 Å². The molecule has 4 nitrogen and oxygen atoms in total.